The monoisotopic (exact) mass is 254 g/mol. The van der Waals surface area contributed by atoms with Crippen molar-refractivity contribution < 1.29 is 5.21 Å². The molecule has 0 unspecified atom stereocenters. The number of oxime groups is 1. The summed E-state index contributed by atoms with van der Waals surface area (Å²) in [6, 6.07) is 5.61. The van der Waals surface area contributed by atoms with Crippen molar-refractivity contribution in [2.24, 2.45) is 10.9 Å². The van der Waals surface area contributed by atoms with Crippen molar-refractivity contribution in [2.45, 2.75) is 0 Å². The first-order valence-corrected chi connectivity index (χ1v) is 4.64. The number of hydrogen-bond acceptors (Lipinski definition) is 3. The molecule has 2 aromatic rings. The third-order valence-electron chi connectivity index (χ3n) is 1.84. The van der Waals surface area contributed by atoms with E-state index in [-0.39, 0.29) is 5.84 Å². The first-order chi connectivity index (χ1) is 6.74. The Labute approximate surface area is 88.0 Å². The minimum absolute atomic E-state index is 0.0168. The van der Waals surface area contributed by atoms with Crippen LogP contribution in [0.3, 0.4) is 0 Å². The van der Waals surface area contributed by atoms with Gasteiger partial charge in [-0.1, -0.05) is 11.2 Å². The van der Waals surface area contributed by atoms with E-state index < -0.39 is 0 Å². The third kappa shape index (κ3) is 1.24. The highest BCUT2D eigenvalue weighted by Crippen LogP contribution is 2.18. The second-order valence-corrected chi connectivity index (χ2v) is 3.42. The predicted octanol–water partition coefficient (Wildman–Crippen LogP) is 1.19. The van der Waals surface area contributed by atoms with Crippen LogP contribution in [0.25, 0.3) is 5.52 Å². The Kier molecular flexibility index (Phi) is 2.12. The van der Waals surface area contributed by atoms with Gasteiger partial charge in [0, 0.05) is 6.20 Å². The SMILES string of the molecule is NC(=NO)c1nc(Br)c2ccccn12. The number of aromatic nitrogens is 2. The first kappa shape index (κ1) is 9.01. The molecule has 0 fully saturated rings. The summed E-state index contributed by atoms with van der Waals surface area (Å²) in [5, 5.41) is 11.5. The Bertz CT molecular complexity index is 505. The van der Waals surface area contributed by atoms with Crippen LogP contribution in [-0.2, 0) is 0 Å². The number of nitrogens with two attached hydrogens (primary N) is 1. The van der Waals surface area contributed by atoms with Gasteiger partial charge in [0.05, 0.1) is 5.52 Å². The second kappa shape index (κ2) is 3.30. The molecule has 0 atom stereocenters. The fourth-order valence-electron chi connectivity index (χ4n) is 1.23. The maximum absolute atomic E-state index is 8.55. The van der Waals surface area contributed by atoms with Crippen LogP contribution in [0.15, 0.2) is 34.2 Å². The average Bonchev–Trinajstić information content (AvgIpc) is 2.56. The molecule has 3 N–H and O–H groups in total. The fraction of sp³-hybridized carbons (Fsp3) is 0. The molecule has 0 aromatic carbocycles. The highest BCUT2D eigenvalue weighted by Gasteiger charge is 2.11. The lowest BCUT2D eigenvalue weighted by molar-refractivity contribution is 0.318. The molecule has 0 aliphatic rings. The van der Waals surface area contributed by atoms with Crippen molar-refractivity contribution in [3.63, 3.8) is 0 Å². The molecule has 5 nitrogen and oxygen atoms in total. The molecule has 0 spiro atoms. The minimum Gasteiger partial charge on any atom is -0.409 e. The minimum atomic E-state index is -0.0168. The van der Waals surface area contributed by atoms with Crippen molar-refractivity contribution in [3.8, 4) is 0 Å². The van der Waals surface area contributed by atoms with E-state index in [2.05, 4.69) is 26.1 Å². The lowest BCUT2D eigenvalue weighted by Gasteiger charge is -1.96. The number of rotatable bonds is 1. The second-order valence-electron chi connectivity index (χ2n) is 2.67. The van der Waals surface area contributed by atoms with Gasteiger partial charge in [0.2, 0.25) is 5.84 Å². The quantitative estimate of drug-likeness (QED) is 0.348. The van der Waals surface area contributed by atoms with Crippen molar-refractivity contribution in [1.82, 2.24) is 9.38 Å². The van der Waals surface area contributed by atoms with Gasteiger partial charge in [0.1, 0.15) is 4.60 Å². The summed E-state index contributed by atoms with van der Waals surface area (Å²) >= 11 is 3.29. The van der Waals surface area contributed by atoms with Crippen molar-refractivity contribution in [3.05, 3.63) is 34.8 Å². The van der Waals surface area contributed by atoms with Gasteiger partial charge in [0.15, 0.2) is 5.82 Å². The van der Waals surface area contributed by atoms with E-state index in [1.54, 1.807) is 10.6 Å². The molecule has 0 radical (unpaired) electrons. The summed E-state index contributed by atoms with van der Waals surface area (Å²) in [6.45, 7) is 0. The summed E-state index contributed by atoms with van der Waals surface area (Å²) < 4.78 is 2.40. The maximum Gasteiger partial charge on any atom is 0.206 e. The number of halogens is 1. The van der Waals surface area contributed by atoms with Crippen molar-refractivity contribution in [1.29, 1.82) is 0 Å². The lowest BCUT2D eigenvalue weighted by atomic mass is 10.4. The molecule has 72 valence electrons. The van der Waals surface area contributed by atoms with Gasteiger partial charge in [-0.15, -0.1) is 0 Å². The van der Waals surface area contributed by atoms with E-state index in [4.69, 9.17) is 10.9 Å². The number of nitrogens with zero attached hydrogens (tertiary/aromatic N) is 3. The number of hydrogen-bond donors (Lipinski definition) is 2. The smallest absolute Gasteiger partial charge is 0.206 e. The van der Waals surface area contributed by atoms with Crippen LogP contribution in [0.4, 0.5) is 0 Å². The first-order valence-electron chi connectivity index (χ1n) is 3.84. The Hall–Kier alpha value is -1.56. The van der Waals surface area contributed by atoms with E-state index in [0.717, 1.165) is 5.52 Å². The molecule has 2 heterocycles. The van der Waals surface area contributed by atoms with Crippen LogP contribution < -0.4 is 5.73 Å². The predicted molar refractivity (Wildman–Crippen MR) is 55.4 cm³/mol. The van der Waals surface area contributed by atoms with E-state index in [1.165, 1.54) is 0 Å². The average molecular weight is 255 g/mol. The fourth-order valence-corrected chi connectivity index (χ4v) is 1.72. The van der Waals surface area contributed by atoms with Crippen molar-refractivity contribution >= 4 is 27.3 Å². The summed E-state index contributed by atoms with van der Waals surface area (Å²) in [6.07, 6.45) is 1.79. The maximum atomic E-state index is 8.55. The highest BCUT2D eigenvalue weighted by molar-refractivity contribution is 9.10. The summed E-state index contributed by atoms with van der Waals surface area (Å²) in [7, 11) is 0. The molecule has 0 amide bonds. The Morgan fingerprint density at radius 3 is 3.07 bits per heavy atom. The normalized spacial score (nSPS) is 12.2. The number of imidazole rings is 1. The van der Waals surface area contributed by atoms with Crippen LogP contribution in [0, 0.1) is 0 Å². The zero-order valence-electron chi connectivity index (χ0n) is 7.05. The topological polar surface area (TPSA) is 75.9 Å². The van der Waals surface area contributed by atoms with Gasteiger partial charge >= 0.3 is 0 Å². The van der Waals surface area contributed by atoms with Crippen LogP contribution in [0.5, 0.6) is 0 Å². The van der Waals surface area contributed by atoms with E-state index in [9.17, 15) is 0 Å². The third-order valence-corrected chi connectivity index (χ3v) is 2.42. The highest BCUT2D eigenvalue weighted by atomic mass is 79.9. The molecule has 0 aliphatic heterocycles. The molecule has 0 saturated carbocycles. The van der Waals surface area contributed by atoms with Crippen LogP contribution in [0.2, 0.25) is 0 Å². The zero-order valence-corrected chi connectivity index (χ0v) is 8.64. The zero-order chi connectivity index (χ0) is 10.1. The molecule has 0 bridgehead atoms. The molecule has 0 saturated heterocycles. The van der Waals surface area contributed by atoms with Gasteiger partial charge in [-0.2, -0.15) is 0 Å². The Morgan fingerprint density at radius 1 is 1.57 bits per heavy atom. The summed E-state index contributed by atoms with van der Waals surface area (Å²) in [5.41, 5.74) is 6.34. The van der Waals surface area contributed by atoms with Gasteiger partial charge in [0.25, 0.3) is 0 Å². The molecule has 6 heteroatoms. The Balaban J connectivity index is 2.79. The Morgan fingerprint density at radius 2 is 2.36 bits per heavy atom. The van der Waals surface area contributed by atoms with Crippen molar-refractivity contribution in [2.75, 3.05) is 0 Å². The summed E-state index contributed by atoms with van der Waals surface area (Å²) in [5.74, 6) is 0.395. The van der Waals surface area contributed by atoms with Gasteiger partial charge in [-0.3, -0.25) is 4.40 Å². The number of pyridine rings is 1. The molecule has 0 aliphatic carbocycles. The molecule has 14 heavy (non-hydrogen) atoms. The molecular formula is C8H7BrN4O. The largest absolute Gasteiger partial charge is 0.409 e. The lowest BCUT2D eigenvalue weighted by Crippen LogP contribution is -2.16. The standard InChI is InChI=1S/C8H7BrN4O/c9-6-5-3-1-2-4-13(5)8(11-6)7(10)12-14/h1-4,14H,(H2,10,12). The number of amidine groups is 1. The van der Waals surface area contributed by atoms with Crippen LogP contribution in [0.1, 0.15) is 5.82 Å². The van der Waals surface area contributed by atoms with E-state index >= 15 is 0 Å². The van der Waals surface area contributed by atoms with E-state index in [0.29, 0.717) is 10.4 Å². The van der Waals surface area contributed by atoms with Crippen LogP contribution in [-0.4, -0.2) is 20.4 Å². The summed E-state index contributed by atoms with van der Waals surface area (Å²) in [4.78, 5) is 4.12. The van der Waals surface area contributed by atoms with Gasteiger partial charge in [-0.05, 0) is 28.1 Å². The molecule has 2 rings (SSSR count). The molecular weight excluding hydrogens is 248 g/mol. The van der Waals surface area contributed by atoms with Crippen LogP contribution >= 0.6 is 15.9 Å². The number of fused-ring (bicyclic) bond motifs is 1. The van der Waals surface area contributed by atoms with Gasteiger partial charge < -0.3 is 10.9 Å². The molecule has 2 aromatic heterocycles. The van der Waals surface area contributed by atoms with Gasteiger partial charge in [-0.25, -0.2) is 4.98 Å². The van der Waals surface area contributed by atoms with E-state index in [1.807, 2.05) is 18.2 Å².